The summed E-state index contributed by atoms with van der Waals surface area (Å²) < 4.78 is 5.28. The molecule has 0 saturated heterocycles. The third-order valence-electron chi connectivity index (χ3n) is 5.50. The Bertz CT molecular complexity index is 1000. The number of carbonyl (C=O) groups excluding carboxylic acids is 2. The van der Waals surface area contributed by atoms with Crippen LogP contribution in [0.15, 0.2) is 77.1 Å². The SMILES string of the molecule is COc1ccc([C@H]2C(C(=O)Nc3ccccc3)=C(C)NC3=C2C(=O)CCC3)cc1. The van der Waals surface area contributed by atoms with E-state index in [1.165, 1.54) is 0 Å². The van der Waals surface area contributed by atoms with Gasteiger partial charge in [0.15, 0.2) is 5.78 Å². The van der Waals surface area contributed by atoms with Gasteiger partial charge < -0.3 is 15.4 Å². The summed E-state index contributed by atoms with van der Waals surface area (Å²) in [5.41, 5.74) is 4.65. The molecule has 0 bridgehead atoms. The molecule has 1 amide bonds. The minimum absolute atomic E-state index is 0.108. The Kier molecular flexibility index (Phi) is 5.21. The van der Waals surface area contributed by atoms with Gasteiger partial charge in [0.05, 0.1) is 7.11 Å². The van der Waals surface area contributed by atoms with Crippen LogP contribution < -0.4 is 15.4 Å². The monoisotopic (exact) mass is 388 g/mol. The standard InChI is InChI=1S/C24H24N2O3/c1-15-21(24(28)26-17-7-4-3-5-8-17)22(16-11-13-18(29-2)14-12-16)23-19(25-15)9-6-10-20(23)27/h3-5,7-8,11-14,22,25H,6,9-10H2,1-2H3,(H,26,28)/t22-/m0/s1. The van der Waals surface area contributed by atoms with E-state index in [1.807, 2.05) is 61.5 Å². The molecule has 1 atom stereocenters. The van der Waals surface area contributed by atoms with Crippen LogP contribution in [0.1, 0.15) is 37.7 Å². The van der Waals surface area contributed by atoms with Crippen molar-refractivity contribution in [2.24, 2.45) is 0 Å². The summed E-state index contributed by atoms with van der Waals surface area (Å²) in [7, 11) is 1.62. The van der Waals surface area contributed by atoms with Gasteiger partial charge in [-0.25, -0.2) is 0 Å². The zero-order valence-electron chi connectivity index (χ0n) is 16.6. The molecule has 2 aliphatic rings. The van der Waals surface area contributed by atoms with Gasteiger partial charge >= 0.3 is 0 Å². The van der Waals surface area contributed by atoms with E-state index in [2.05, 4.69) is 10.6 Å². The van der Waals surface area contributed by atoms with Crippen molar-refractivity contribution in [2.45, 2.75) is 32.1 Å². The Morgan fingerprint density at radius 3 is 2.48 bits per heavy atom. The van der Waals surface area contributed by atoms with Crippen LogP contribution in [0.2, 0.25) is 0 Å². The predicted molar refractivity (Wildman–Crippen MR) is 113 cm³/mol. The second kappa shape index (κ2) is 7.95. The number of anilines is 1. The zero-order valence-corrected chi connectivity index (χ0v) is 16.6. The van der Waals surface area contributed by atoms with Gasteiger partial charge in [-0.15, -0.1) is 0 Å². The average Bonchev–Trinajstić information content (AvgIpc) is 2.73. The average molecular weight is 388 g/mol. The second-order valence-electron chi connectivity index (χ2n) is 7.36. The van der Waals surface area contributed by atoms with Crippen molar-refractivity contribution in [2.75, 3.05) is 12.4 Å². The number of ether oxygens (including phenoxy) is 1. The van der Waals surface area contributed by atoms with Crippen molar-refractivity contribution in [3.8, 4) is 5.75 Å². The fourth-order valence-corrected chi connectivity index (χ4v) is 4.13. The van der Waals surface area contributed by atoms with Crippen LogP contribution in [0, 0.1) is 0 Å². The zero-order chi connectivity index (χ0) is 20.4. The highest BCUT2D eigenvalue weighted by molar-refractivity contribution is 6.09. The molecule has 2 aromatic carbocycles. The quantitative estimate of drug-likeness (QED) is 0.819. The van der Waals surface area contributed by atoms with Crippen molar-refractivity contribution in [1.82, 2.24) is 5.32 Å². The Hall–Kier alpha value is -3.34. The van der Waals surface area contributed by atoms with Crippen LogP contribution in [-0.4, -0.2) is 18.8 Å². The molecule has 5 heteroatoms. The first-order valence-corrected chi connectivity index (χ1v) is 9.83. The molecule has 29 heavy (non-hydrogen) atoms. The fourth-order valence-electron chi connectivity index (χ4n) is 4.13. The van der Waals surface area contributed by atoms with E-state index in [-0.39, 0.29) is 11.7 Å². The Balaban J connectivity index is 1.78. The molecule has 148 valence electrons. The Morgan fingerprint density at radius 2 is 1.79 bits per heavy atom. The number of amides is 1. The van der Waals surface area contributed by atoms with Crippen LogP contribution >= 0.6 is 0 Å². The van der Waals surface area contributed by atoms with Gasteiger partial charge in [-0.05, 0) is 49.6 Å². The first-order valence-electron chi connectivity index (χ1n) is 9.83. The molecule has 1 heterocycles. The first kappa shape index (κ1) is 19.0. The number of Topliss-reactive ketones (excluding diaryl/α,β-unsaturated/α-hetero) is 1. The topological polar surface area (TPSA) is 67.4 Å². The van der Waals surface area contributed by atoms with Gasteiger partial charge in [0, 0.05) is 40.6 Å². The molecule has 5 nitrogen and oxygen atoms in total. The summed E-state index contributed by atoms with van der Waals surface area (Å²) in [5.74, 6) is 0.250. The number of carbonyl (C=O) groups is 2. The van der Waals surface area contributed by atoms with E-state index >= 15 is 0 Å². The van der Waals surface area contributed by atoms with Gasteiger partial charge in [-0.1, -0.05) is 30.3 Å². The highest BCUT2D eigenvalue weighted by atomic mass is 16.5. The Labute approximate surface area is 170 Å². The lowest BCUT2D eigenvalue weighted by atomic mass is 9.75. The molecule has 0 fully saturated rings. The minimum Gasteiger partial charge on any atom is -0.497 e. The highest BCUT2D eigenvalue weighted by Gasteiger charge is 2.38. The number of methoxy groups -OCH3 is 1. The molecule has 0 aromatic heterocycles. The van der Waals surface area contributed by atoms with Gasteiger partial charge in [0.25, 0.3) is 5.91 Å². The van der Waals surface area contributed by atoms with Gasteiger partial charge in [-0.3, -0.25) is 9.59 Å². The molecule has 0 radical (unpaired) electrons. The molecule has 2 N–H and O–H groups in total. The number of benzene rings is 2. The maximum atomic E-state index is 13.3. The third-order valence-corrected chi connectivity index (χ3v) is 5.50. The van der Waals surface area contributed by atoms with Crippen LogP contribution in [0.4, 0.5) is 5.69 Å². The highest BCUT2D eigenvalue weighted by Crippen LogP contribution is 2.42. The molecular formula is C24H24N2O3. The third kappa shape index (κ3) is 3.68. The summed E-state index contributed by atoms with van der Waals surface area (Å²) in [4.78, 5) is 26.2. The largest absolute Gasteiger partial charge is 0.497 e. The normalized spacial score (nSPS) is 18.8. The number of nitrogens with one attached hydrogen (secondary N) is 2. The van der Waals surface area contributed by atoms with Crippen molar-refractivity contribution < 1.29 is 14.3 Å². The van der Waals surface area contributed by atoms with E-state index in [9.17, 15) is 9.59 Å². The number of hydrogen-bond donors (Lipinski definition) is 2. The van der Waals surface area contributed by atoms with Gasteiger partial charge in [0.2, 0.25) is 0 Å². The van der Waals surface area contributed by atoms with Crippen LogP contribution in [0.5, 0.6) is 5.75 Å². The van der Waals surface area contributed by atoms with Crippen LogP contribution in [-0.2, 0) is 9.59 Å². The molecule has 2 aromatic rings. The molecule has 0 spiro atoms. The van der Waals surface area contributed by atoms with E-state index in [0.29, 0.717) is 17.6 Å². The summed E-state index contributed by atoms with van der Waals surface area (Å²) in [6.07, 6.45) is 2.16. The number of dihydropyridines is 1. The van der Waals surface area contributed by atoms with E-state index in [4.69, 9.17) is 4.74 Å². The summed E-state index contributed by atoms with van der Waals surface area (Å²) in [5, 5.41) is 6.32. The molecule has 0 saturated carbocycles. The summed E-state index contributed by atoms with van der Waals surface area (Å²) in [6, 6.07) is 17.0. The molecule has 1 aliphatic heterocycles. The van der Waals surface area contributed by atoms with Crippen LogP contribution in [0.3, 0.4) is 0 Å². The molecule has 4 rings (SSSR count). The summed E-state index contributed by atoms with van der Waals surface area (Å²) >= 11 is 0. The van der Waals surface area contributed by atoms with Crippen molar-refractivity contribution >= 4 is 17.4 Å². The lowest BCUT2D eigenvalue weighted by molar-refractivity contribution is -0.116. The predicted octanol–water partition coefficient (Wildman–Crippen LogP) is 4.30. The minimum atomic E-state index is -0.395. The maximum absolute atomic E-state index is 13.3. The number of hydrogen-bond acceptors (Lipinski definition) is 4. The smallest absolute Gasteiger partial charge is 0.254 e. The van der Waals surface area contributed by atoms with Crippen molar-refractivity contribution in [1.29, 1.82) is 0 Å². The van der Waals surface area contributed by atoms with E-state index < -0.39 is 5.92 Å². The number of para-hydroxylation sites is 1. The number of allylic oxidation sites excluding steroid dienone is 3. The number of ketones is 1. The van der Waals surface area contributed by atoms with Gasteiger partial charge in [0.1, 0.15) is 5.75 Å². The molecular weight excluding hydrogens is 364 g/mol. The lowest BCUT2D eigenvalue weighted by Crippen LogP contribution is -2.35. The fraction of sp³-hybridized carbons (Fsp3) is 0.250. The van der Waals surface area contributed by atoms with Gasteiger partial charge in [-0.2, -0.15) is 0 Å². The van der Waals surface area contributed by atoms with E-state index in [1.54, 1.807) is 7.11 Å². The second-order valence-corrected chi connectivity index (χ2v) is 7.36. The molecule has 1 aliphatic carbocycles. The first-order chi connectivity index (χ1) is 14.1. The van der Waals surface area contributed by atoms with Crippen LogP contribution in [0.25, 0.3) is 0 Å². The van der Waals surface area contributed by atoms with Crippen molar-refractivity contribution in [3.05, 3.63) is 82.7 Å². The maximum Gasteiger partial charge on any atom is 0.254 e. The van der Waals surface area contributed by atoms with E-state index in [0.717, 1.165) is 41.2 Å². The lowest BCUT2D eigenvalue weighted by Gasteiger charge is -2.34. The molecule has 0 unspecified atom stereocenters. The number of rotatable bonds is 4. The summed E-state index contributed by atoms with van der Waals surface area (Å²) in [6.45, 7) is 1.90. The van der Waals surface area contributed by atoms with Crippen molar-refractivity contribution in [3.63, 3.8) is 0 Å². The Morgan fingerprint density at radius 1 is 1.07 bits per heavy atom.